The molecule has 0 spiro atoms. The molecule has 18 heavy (non-hydrogen) atoms. The largest absolute Gasteiger partial charge is 0.357 e. The third-order valence-corrected chi connectivity index (χ3v) is 4.08. The van der Waals surface area contributed by atoms with Crippen molar-refractivity contribution >= 4 is 33.3 Å². The summed E-state index contributed by atoms with van der Waals surface area (Å²) in [6.45, 7) is 6.16. The zero-order valence-electron chi connectivity index (χ0n) is 10.7. The van der Waals surface area contributed by atoms with Gasteiger partial charge in [0.05, 0.1) is 5.39 Å². The molecular formula is C12H17N5S. The number of aryl methyl sites for hydroxylation is 1. The van der Waals surface area contributed by atoms with Crippen molar-refractivity contribution in [2.45, 2.75) is 6.92 Å². The van der Waals surface area contributed by atoms with E-state index in [2.05, 4.69) is 38.5 Å². The minimum atomic E-state index is 0.706. The van der Waals surface area contributed by atoms with Gasteiger partial charge in [-0.05, 0) is 13.0 Å². The molecule has 1 saturated heterocycles. The van der Waals surface area contributed by atoms with Crippen LogP contribution in [-0.2, 0) is 0 Å². The number of aromatic nitrogens is 2. The lowest BCUT2D eigenvalue weighted by Gasteiger charge is -2.29. The molecular weight excluding hydrogens is 246 g/mol. The number of nitrogens with one attached hydrogen (secondary N) is 2. The Bertz CT molecular complexity index is 559. The highest BCUT2D eigenvalue weighted by Crippen LogP contribution is 2.31. The van der Waals surface area contributed by atoms with Crippen molar-refractivity contribution in [2.75, 3.05) is 43.4 Å². The Morgan fingerprint density at radius 3 is 2.83 bits per heavy atom. The molecule has 0 unspecified atom stereocenters. The Morgan fingerprint density at radius 1 is 1.33 bits per heavy atom. The molecule has 2 N–H and O–H groups in total. The smallest absolute Gasteiger partial charge is 0.225 e. The summed E-state index contributed by atoms with van der Waals surface area (Å²) in [6.07, 6.45) is 0. The van der Waals surface area contributed by atoms with Crippen molar-refractivity contribution in [2.24, 2.45) is 0 Å². The van der Waals surface area contributed by atoms with Gasteiger partial charge in [0.2, 0.25) is 5.95 Å². The molecule has 1 fully saturated rings. The Hall–Kier alpha value is -1.40. The lowest BCUT2D eigenvalue weighted by molar-refractivity contribution is 0.586. The summed E-state index contributed by atoms with van der Waals surface area (Å²) in [5.74, 6) is 1.77. The van der Waals surface area contributed by atoms with Gasteiger partial charge in [-0.3, -0.25) is 0 Å². The van der Waals surface area contributed by atoms with E-state index in [1.165, 1.54) is 10.3 Å². The van der Waals surface area contributed by atoms with Crippen LogP contribution in [0.2, 0.25) is 0 Å². The zero-order valence-corrected chi connectivity index (χ0v) is 11.5. The van der Waals surface area contributed by atoms with E-state index in [4.69, 9.17) is 0 Å². The second kappa shape index (κ2) is 4.70. The van der Waals surface area contributed by atoms with Gasteiger partial charge < -0.3 is 15.5 Å². The molecule has 96 valence electrons. The van der Waals surface area contributed by atoms with Crippen LogP contribution in [0.3, 0.4) is 0 Å². The first-order valence-corrected chi connectivity index (χ1v) is 7.01. The van der Waals surface area contributed by atoms with Crippen molar-refractivity contribution in [3.8, 4) is 0 Å². The zero-order chi connectivity index (χ0) is 12.5. The van der Waals surface area contributed by atoms with Gasteiger partial charge in [-0.25, -0.2) is 4.98 Å². The van der Waals surface area contributed by atoms with Crippen LogP contribution in [0, 0.1) is 6.92 Å². The second-order valence-corrected chi connectivity index (χ2v) is 5.67. The van der Waals surface area contributed by atoms with Crippen LogP contribution in [0.25, 0.3) is 10.2 Å². The van der Waals surface area contributed by atoms with Crippen molar-refractivity contribution < 1.29 is 0 Å². The number of rotatable bonds is 2. The van der Waals surface area contributed by atoms with Crippen LogP contribution in [0.1, 0.15) is 4.88 Å². The minimum Gasteiger partial charge on any atom is -0.357 e. The summed E-state index contributed by atoms with van der Waals surface area (Å²) in [4.78, 5) is 13.9. The average Bonchev–Trinajstić information content (AvgIpc) is 2.78. The van der Waals surface area contributed by atoms with Crippen molar-refractivity contribution in [3.63, 3.8) is 0 Å². The normalized spacial score (nSPS) is 16.2. The molecule has 1 aliphatic rings. The molecule has 3 rings (SSSR count). The van der Waals surface area contributed by atoms with Gasteiger partial charge in [0.15, 0.2) is 0 Å². The van der Waals surface area contributed by atoms with Crippen molar-refractivity contribution in [1.29, 1.82) is 0 Å². The van der Waals surface area contributed by atoms with Gasteiger partial charge in [-0.1, -0.05) is 0 Å². The summed E-state index contributed by atoms with van der Waals surface area (Å²) < 4.78 is 0. The van der Waals surface area contributed by atoms with Gasteiger partial charge >= 0.3 is 0 Å². The predicted molar refractivity (Wildman–Crippen MR) is 76.8 cm³/mol. The molecule has 0 aliphatic carbocycles. The van der Waals surface area contributed by atoms with Gasteiger partial charge in [0.25, 0.3) is 0 Å². The molecule has 0 atom stereocenters. The molecule has 0 aromatic carbocycles. The van der Waals surface area contributed by atoms with Gasteiger partial charge in [-0.2, -0.15) is 4.98 Å². The van der Waals surface area contributed by atoms with E-state index in [1.807, 2.05) is 7.05 Å². The van der Waals surface area contributed by atoms with E-state index in [-0.39, 0.29) is 0 Å². The first kappa shape index (κ1) is 11.7. The quantitative estimate of drug-likeness (QED) is 0.859. The monoisotopic (exact) mass is 263 g/mol. The van der Waals surface area contributed by atoms with Gasteiger partial charge in [-0.15, -0.1) is 11.3 Å². The molecule has 2 aromatic rings. The van der Waals surface area contributed by atoms with Crippen LogP contribution in [0.4, 0.5) is 11.8 Å². The standard InChI is InChI=1S/C12H17N5S/c1-8-7-9-10(17-5-3-14-4-6-17)15-12(13-2)16-11(9)18-8/h7,14H,3-6H2,1-2H3,(H,13,15,16). The molecule has 2 aromatic heterocycles. The van der Waals surface area contributed by atoms with Crippen LogP contribution in [0.15, 0.2) is 6.07 Å². The summed E-state index contributed by atoms with van der Waals surface area (Å²) in [5.41, 5.74) is 0. The Labute approximate surface area is 110 Å². The van der Waals surface area contributed by atoms with E-state index in [0.29, 0.717) is 5.95 Å². The summed E-state index contributed by atoms with van der Waals surface area (Å²) in [6, 6.07) is 2.19. The van der Waals surface area contributed by atoms with E-state index in [9.17, 15) is 0 Å². The van der Waals surface area contributed by atoms with E-state index in [0.717, 1.165) is 36.8 Å². The molecule has 5 nitrogen and oxygen atoms in total. The maximum atomic E-state index is 4.64. The second-order valence-electron chi connectivity index (χ2n) is 4.43. The Morgan fingerprint density at radius 2 is 2.11 bits per heavy atom. The molecule has 0 bridgehead atoms. The fraction of sp³-hybridized carbons (Fsp3) is 0.500. The van der Waals surface area contributed by atoms with E-state index >= 15 is 0 Å². The number of hydrogen-bond donors (Lipinski definition) is 2. The first-order chi connectivity index (χ1) is 8.78. The molecule has 6 heteroatoms. The average molecular weight is 263 g/mol. The van der Waals surface area contributed by atoms with E-state index in [1.54, 1.807) is 11.3 Å². The van der Waals surface area contributed by atoms with Crippen LogP contribution in [-0.4, -0.2) is 43.2 Å². The Kier molecular flexibility index (Phi) is 3.05. The SMILES string of the molecule is CNc1nc(N2CCNCC2)c2cc(C)sc2n1. The molecule has 0 radical (unpaired) electrons. The summed E-state index contributed by atoms with van der Waals surface area (Å²) in [7, 11) is 1.86. The lowest BCUT2D eigenvalue weighted by Crippen LogP contribution is -2.44. The third-order valence-electron chi connectivity index (χ3n) is 3.14. The van der Waals surface area contributed by atoms with Gasteiger partial charge in [0, 0.05) is 38.1 Å². The van der Waals surface area contributed by atoms with Gasteiger partial charge in [0.1, 0.15) is 10.6 Å². The number of anilines is 2. The molecule has 3 heterocycles. The number of thiophene rings is 1. The lowest BCUT2D eigenvalue weighted by atomic mass is 10.3. The minimum absolute atomic E-state index is 0.706. The number of fused-ring (bicyclic) bond motifs is 1. The topological polar surface area (TPSA) is 53.1 Å². The molecule has 0 amide bonds. The highest BCUT2D eigenvalue weighted by atomic mass is 32.1. The first-order valence-electron chi connectivity index (χ1n) is 6.19. The van der Waals surface area contributed by atoms with Crippen LogP contribution in [0.5, 0.6) is 0 Å². The third kappa shape index (κ3) is 2.02. The fourth-order valence-corrected chi connectivity index (χ4v) is 3.13. The maximum Gasteiger partial charge on any atom is 0.225 e. The summed E-state index contributed by atoms with van der Waals surface area (Å²) >= 11 is 1.73. The highest BCUT2D eigenvalue weighted by Gasteiger charge is 2.17. The number of nitrogens with zero attached hydrogens (tertiary/aromatic N) is 3. The predicted octanol–water partition coefficient (Wildman–Crippen LogP) is 1.45. The number of piperazine rings is 1. The van der Waals surface area contributed by atoms with Crippen LogP contribution >= 0.6 is 11.3 Å². The Balaban J connectivity index is 2.12. The van der Waals surface area contributed by atoms with Crippen molar-refractivity contribution in [3.05, 3.63) is 10.9 Å². The molecule has 0 saturated carbocycles. The van der Waals surface area contributed by atoms with E-state index < -0.39 is 0 Å². The number of hydrogen-bond acceptors (Lipinski definition) is 6. The van der Waals surface area contributed by atoms with Crippen molar-refractivity contribution in [1.82, 2.24) is 15.3 Å². The molecule has 1 aliphatic heterocycles. The maximum absolute atomic E-state index is 4.64. The fourth-order valence-electron chi connectivity index (χ4n) is 2.26. The highest BCUT2D eigenvalue weighted by molar-refractivity contribution is 7.18. The summed E-state index contributed by atoms with van der Waals surface area (Å²) in [5, 5.41) is 7.60. The van der Waals surface area contributed by atoms with Crippen LogP contribution < -0.4 is 15.5 Å².